The van der Waals surface area contributed by atoms with Crippen LogP contribution in [0.15, 0.2) is 12.1 Å². The van der Waals surface area contributed by atoms with Crippen LogP contribution in [0.1, 0.15) is 93.0 Å². The maximum absolute atomic E-state index is 14.4. The summed E-state index contributed by atoms with van der Waals surface area (Å²) in [5, 5.41) is -0.949. The van der Waals surface area contributed by atoms with E-state index in [-0.39, 0.29) is 11.5 Å². The molecule has 0 aromatic heterocycles. The van der Waals surface area contributed by atoms with Gasteiger partial charge < -0.3 is 0 Å². The number of halogens is 3. The molecule has 1 aromatic rings. The van der Waals surface area contributed by atoms with Gasteiger partial charge in [0.15, 0.2) is 0 Å². The number of hydrogen-bond donors (Lipinski definition) is 0. The summed E-state index contributed by atoms with van der Waals surface area (Å²) in [5.74, 6) is 1.33. The summed E-state index contributed by atoms with van der Waals surface area (Å²) >= 11 is 5.31. The van der Waals surface area contributed by atoms with Gasteiger partial charge in [-0.1, -0.05) is 32.6 Å². The van der Waals surface area contributed by atoms with Crippen LogP contribution in [-0.2, 0) is 0 Å². The molecule has 4 heteroatoms. The number of hydrogen-bond acceptors (Lipinski definition) is 1. The third-order valence-electron chi connectivity index (χ3n) is 6.76. The van der Waals surface area contributed by atoms with Gasteiger partial charge in [0, 0.05) is 0 Å². The van der Waals surface area contributed by atoms with Crippen LogP contribution in [0.4, 0.5) is 8.78 Å². The summed E-state index contributed by atoms with van der Waals surface area (Å²) in [4.78, 5) is 11.1. The van der Waals surface area contributed by atoms with Gasteiger partial charge in [0.2, 0.25) is 0 Å². The van der Waals surface area contributed by atoms with Gasteiger partial charge in [-0.2, -0.15) is 0 Å². The molecule has 0 N–H and O–H groups in total. The highest BCUT2D eigenvalue weighted by Crippen LogP contribution is 2.45. The SMILES string of the molecule is CCCC1CCC(C2CCC(c3cc(F)c(C(=O)Cl)cc3F)CC2)CC1. The van der Waals surface area contributed by atoms with Gasteiger partial charge in [0.05, 0.1) is 5.56 Å². The highest BCUT2D eigenvalue weighted by Gasteiger charge is 2.32. The van der Waals surface area contributed by atoms with Crippen molar-refractivity contribution in [2.45, 2.75) is 77.0 Å². The first-order valence-corrected chi connectivity index (χ1v) is 10.6. The molecule has 2 saturated carbocycles. The number of carbonyl (C=O) groups excluding carboxylic acids is 1. The molecule has 0 bridgehead atoms. The Morgan fingerprint density at radius 2 is 1.54 bits per heavy atom. The summed E-state index contributed by atoms with van der Waals surface area (Å²) in [6.07, 6.45) is 12.1. The van der Waals surface area contributed by atoms with Crippen LogP contribution in [0.5, 0.6) is 0 Å². The third-order valence-corrected chi connectivity index (χ3v) is 6.97. The van der Waals surface area contributed by atoms with Gasteiger partial charge in [-0.25, -0.2) is 8.78 Å². The summed E-state index contributed by atoms with van der Waals surface area (Å²) < 4.78 is 28.4. The van der Waals surface area contributed by atoms with E-state index in [0.29, 0.717) is 5.56 Å². The molecule has 0 amide bonds. The molecule has 0 unspecified atom stereocenters. The summed E-state index contributed by atoms with van der Waals surface area (Å²) in [7, 11) is 0. The standard InChI is InChI=1S/C22H29ClF2O/c1-2-3-14-4-6-15(7-5-14)16-8-10-17(11-9-16)18-12-21(25)19(22(23)26)13-20(18)24/h12-17H,2-11H2,1H3. The van der Waals surface area contributed by atoms with E-state index in [0.717, 1.165) is 49.5 Å². The van der Waals surface area contributed by atoms with E-state index in [4.69, 9.17) is 11.6 Å². The fourth-order valence-electron chi connectivity index (χ4n) is 5.28. The Morgan fingerprint density at radius 3 is 2.08 bits per heavy atom. The van der Waals surface area contributed by atoms with Crippen LogP contribution in [0.25, 0.3) is 0 Å². The third kappa shape index (κ3) is 4.47. The van der Waals surface area contributed by atoms with Gasteiger partial charge in [-0.15, -0.1) is 0 Å². The Balaban J connectivity index is 1.57. The molecule has 0 heterocycles. The molecule has 3 rings (SSSR count). The second kappa shape index (κ2) is 8.82. The van der Waals surface area contributed by atoms with Crippen LogP contribution in [0.2, 0.25) is 0 Å². The lowest BCUT2D eigenvalue weighted by atomic mass is 9.68. The molecule has 0 spiro atoms. The van der Waals surface area contributed by atoms with Crippen LogP contribution < -0.4 is 0 Å². The smallest absolute Gasteiger partial charge is 0.255 e. The van der Waals surface area contributed by atoms with Crippen molar-refractivity contribution < 1.29 is 13.6 Å². The summed E-state index contributed by atoms with van der Waals surface area (Å²) in [6, 6.07) is 2.15. The number of rotatable bonds is 5. The Labute approximate surface area is 160 Å². The van der Waals surface area contributed by atoms with E-state index in [2.05, 4.69) is 6.92 Å². The highest BCUT2D eigenvalue weighted by atomic mass is 35.5. The van der Waals surface area contributed by atoms with Gasteiger partial charge in [0.1, 0.15) is 11.6 Å². The monoisotopic (exact) mass is 382 g/mol. The molecule has 1 aromatic carbocycles. The van der Waals surface area contributed by atoms with E-state index in [1.165, 1.54) is 44.6 Å². The van der Waals surface area contributed by atoms with E-state index < -0.39 is 16.9 Å². The predicted molar refractivity (Wildman–Crippen MR) is 102 cm³/mol. The molecule has 26 heavy (non-hydrogen) atoms. The average molecular weight is 383 g/mol. The zero-order valence-corrected chi connectivity index (χ0v) is 16.3. The first-order valence-electron chi connectivity index (χ1n) is 10.2. The molecule has 144 valence electrons. The molecule has 0 radical (unpaired) electrons. The van der Waals surface area contributed by atoms with Crippen molar-refractivity contribution >= 4 is 16.8 Å². The van der Waals surface area contributed by atoms with E-state index in [1.807, 2.05) is 0 Å². The van der Waals surface area contributed by atoms with Crippen LogP contribution in [0, 0.1) is 29.4 Å². The minimum atomic E-state index is -0.949. The van der Waals surface area contributed by atoms with Crippen molar-refractivity contribution in [3.63, 3.8) is 0 Å². The van der Waals surface area contributed by atoms with E-state index in [1.54, 1.807) is 0 Å². The van der Waals surface area contributed by atoms with Crippen LogP contribution in [-0.4, -0.2) is 5.24 Å². The van der Waals surface area contributed by atoms with E-state index >= 15 is 0 Å². The molecule has 0 aliphatic heterocycles. The minimum absolute atomic E-state index is 0.0525. The predicted octanol–water partition coefficient (Wildman–Crippen LogP) is 7.22. The topological polar surface area (TPSA) is 17.1 Å². The first kappa shape index (κ1) is 19.8. The molecular formula is C22H29ClF2O. The molecule has 2 fully saturated rings. The van der Waals surface area contributed by atoms with Crippen LogP contribution in [0.3, 0.4) is 0 Å². The molecule has 0 atom stereocenters. The van der Waals surface area contributed by atoms with Gasteiger partial charge in [-0.05, 0) is 91.5 Å². The second-order valence-electron chi connectivity index (χ2n) is 8.31. The second-order valence-corrected chi connectivity index (χ2v) is 8.65. The molecule has 2 aliphatic carbocycles. The zero-order chi connectivity index (χ0) is 18.7. The van der Waals surface area contributed by atoms with E-state index in [9.17, 15) is 13.6 Å². The van der Waals surface area contributed by atoms with Crippen molar-refractivity contribution in [2.24, 2.45) is 17.8 Å². The van der Waals surface area contributed by atoms with Crippen molar-refractivity contribution in [1.82, 2.24) is 0 Å². The van der Waals surface area contributed by atoms with Gasteiger partial charge >= 0.3 is 0 Å². The lowest BCUT2D eigenvalue weighted by molar-refractivity contribution is 0.107. The van der Waals surface area contributed by atoms with Gasteiger partial charge in [0.25, 0.3) is 5.24 Å². The van der Waals surface area contributed by atoms with Crippen molar-refractivity contribution in [2.75, 3.05) is 0 Å². The fraction of sp³-hybridized carbons (Fsp3) is 0.682. The highest BCUT2D eigenvalue weighted by molar-refractivity contribution is 6.67. The molecule has 2 aliphatic rings. The lowest BCUT2D eigenvalue weighted by Crippen LogP contribution is -2.25. The quantitative estimate of drug-likeness (QED) is 0.491. The fourth-order valence-corrected chi connectivity index (χ4v) is 5.43. The Hall–Kier alpha value is -0.960. The first-order chi connectivity index (χ1) is 12.5. The maximum atomic E-state index is 14.4. The largest absolute Gasteiger partial charge is 0.275 e. The van der Waals surface area contributed by atoms with Crippen molar-refractivity contribution in [1.29, 1.82) is 0 Å². The maximum Gasteiger partial charge on any atom is 0.255 e. The van der Waals surface area contributed by atoms with Crippen LogP contribution >= 0.6 is 11.6 Å². The Morgan fingerprint density at radius 1 is 0.962 bits per heavy atom. The summed E-state index contributed by atoms with van der Waals surface area (Å²) in [5.41, 5.74) is 0.0414. The number of carbonyl (C=O) groups is 1. The molecule has 0 saturated heterocycles. The Kier molecular flexibility index (Phi) is 6.71. The van der Waals surface area contributed by atoms with Crippen molar-refractivity contribution in [3.05, 3.63) is 34.9 Å². The van der Waals surface area contributed by atoms with Crippen molar-refractivity contribution in [3.8, 4) is 0 Å². The normalized spacial score (nSPS) is 29.5. The molecular weight excluding hydrogens is 354 g/mol. The molecule has 1 nitrogen and oxygen atoms in total. The minimum Gasteiger partial charge on any atom is -0.275 e. The Bertz CT molecular complexity index is 629. The average Bonchev–Trinajstić information content (AvgIpc) is 2.64. The summed E-state index contributed by atoms with van der Waals surface area (Å²) in [6.45, 7) is 2.27. The van der Waals surface area contributed by atoms with Gasteiger partial charge in [-0.3, -0.25) is 4.79 Å². The number of benzene rings is 1. The zero-order valence-electron chi connectivity index (χ0n) is 15.6. The lowest BCUT2D eigenvalue weighted by Gasteiger charge is -2.38.